The maximum absolute atomic E-state index is 12.3. The second-order valence-electron chi connectivity index (χ2n) is 8.56. The average Bonchev–Trinajstić information content (AvgIpc) is 2.90. The molecule has 4 rings (SSSR count). The van der Waals surface area contributed by atoms with E-state index in [4.69, 9.17) is 16.3 Å². The van der Waals surface area contributed by atoms with Crippen molar-refractivity contribution in [3.63, 3.8) is 0 Å². The number of carbonyl (C=O) groups is 1. The Labute approximate surface area is 231 Å². The van der Waals surface area contributed by atoms with Gasteiger partial charge in [-0.25, -0.2) is 18.4 Å². The van der Waals surface area contributed by atoms with Gasteiger partial charge in [-0.2, -0.15) is 0 Å². The van der Waals surface area contributed by atoms with Gasteiger partial charge >= 0.3 is 0 Å². The first-order chi connectivity index (χ1) is 18.8. The molecule has 2 aromatic carbocycles. The largest absolute Gasteiger partial charge is 0.486 e. The van der Waals surface area contributed by atoms with Gasteiger partial charge in [-0.05, 0) is 48.5 Å². The van der Waals surface area contributed by atoms with Crippen LogP contribution in [0.2, 0.25) is 5.02 Å². The van der Waals surface area contributed by atoms with Crippen LogP contribution in [0, 0.1) is 0 Å². The molecular weight excluding hydrogens is 540 g/mol. The molecule has 0 atom stereocenters. The number of sulfone groups is 1. The molecule has 0 aliphatic carbocycles. The minimum atomic E-state index is -3.02. The maximum Gasteiger partial charge on any atom is 0.248 e. The first-order valence-corrected chi connectivity index (χ1v) is 14.4. The third-order valence-electron chi connectivity index (χ3n) is 5.38. The lowest BCUT2D eigenvalue weighted by Gasteiger charge is -2.12. The van der Waals surface area contributed by atoms with E-state index in [-0.39, 0.29) is 11.7 Å². The number of hydrogen-bond donors (Lipinski definition) is 3. The van der Waals surface area contributed by atoms with Crippen LogP contribution in [-0.2, 0) is 21.2 Å². The molecule has 0 saturated carbocycles. The first kappa shape index (κ1) is 28.0. The second kappa shape index (κ2) is 13.1. The summed E-state index contributed by atoms with van der Waals surface area (Å²) in [6.45, 7) is 0.989. The van der Waals surface area contributed by atoms with Crippen molar-refractivity contribution in [3.05, 3.63) is 90.0 Å². The molecule has 202 valence electrons. The van der Waals surface area contributed by atoms with Crippen molar-refractivity contribution in [3.8, 4) is 5.75 Å². The Morgan fingerprint density at radius 3 is 2.67 bits per heavy atom. The number of nitrogens with one attached hydrogen (secondary N) is 3. The number of ether oxygens (including phenoxy) is 1. The number of amides is 1. The van der Waals surface area contributed by atoms with Gasteiger partial charge in [0, 0.05) is 48.4 Å². The molecule has 0 aliphatic heterocycles. The van der Waals surface area contributed by atoms with Crippen LogP contribution in [0.5, 0.6) is 5.75 Å². The lowest BCUT2D eigenvalue weighted by molar-refractivity contribution is -0.111. The molecule has 1 amide bonds. The minimum absolute atomic E-state index is 0.0403. The number of aromatic nitrogens is 3. The van der Waals surface area contributed by atoms with Crippen molar-refractivity contribution in [2.45, 2.75) is 6.61 Å². The number of anilines is 3. The number of carbonyl (C=O) groups excluding carboxylic acids is 1. The first-order valence-electron chi connectivity index (χ1n) is 12.0. The lowest BCUT2D eigenvalue weighted by atomic mass is 10.2. The number of hydrogen-bond acceptors (Lipinski definition) is 9. The van der Waals surface area contributed by atoms with Crippen LogP contribution in [-0.4, -0.2) is 54.4 Å². The van der Waals surface area contributed by atoms with E-state index in [1.807, 2.05) is 24.3 Å². The SMILES string of the molecule is CS(=O)(=O)CCNC/C=C/C(=O)Nc1ccc2ncnc(Nc3ccc(OCc4ccccn4)c(Cl)c3)c2c1. The summed E-state index contributed by atoms with van der Waals surface area (Å²) in [6, 6.07) is 16.3. The molecule has 0 unspecified atom stereocenters. The summed E-state index contributed by atoms with van der Waals surface area (Å²) in [6.07, 6.45) is 7.35. The molecule has 2 aromatic heterocycles. The number of rotatable bonds is 12. The van der Waals surface area contributed by atoms with Gasteiger partial charge in [0.2, 0.25) is 5.91 Å². The monoisotopic (exact) mass is 566 g/mol. The van der Waals surface area contributed by atoms with Gasteiger partial charge in [-0.3, -0.25) is 9.78 Å². The third-order valence-corrected chi connectivity index (χ3v) is 6.62. The Morgan fingerprint density at radius 1 is 1.05 bits per heavy atom. The number of halogens is 1. The second-order valence-corrected chi connectivity index (χ2v) is 11.2. The van der Waals surface area contributed by atoms with Crippen LogP contribution in [0.25, 0.3) is 10.9 Å². The Balaban J connectivity index is 1.39. The van der Waals surface area contributed by atoms with Gasteiger partial charge in [-0.15, -0.1) is 0 Å². The highest BCUT2D eigenvalue weighted by Crippen LogP contribution is 2.31. The van der Waals surface area contributed by atoms with E-state index in [0.717, 1.165) is 5.69 Å². The highest BCUT2D eigenvalue weighted by atomic mass is 35.5. The summed E-state index contributed by atoms with van der Waals surface area (Å²) in [5.74, 6) is 0.793. The summed E-state index contributed by atoms with van der Waals surface area (Å²) < 4.78 is 28.1. The number of fused-ring (bicyclic) bond motifs is 1. The van der Waals surface area contributed by atoms with Crippen LogP contribution in [0.1, 0.15) is 5.69 Å². The Morgan fingerprint density at radius 2 is 1.90 bits per heavy atom. The van der Waals surface area contributed by atoms with E-state index in [1.54, 1.807) is 42.6 Å². The summed E-state index contributed by atoms with van der Waals surface area (Å²) >= 11 is 6.45. The molecule has 0 fully saturated rings. The average molecular weight is 567 g/mol. The zero-order chi connectivity index (χ0) is 27.7. The molecule has 0 bridgehead atoms. The van der Waals surface area contributed by atoms with Gasteiger partial charge in [0.25, 0.3) is 0 Å². The molecule has 0 aliphatic rings. The fraction of sp³-hybridized carbons (Fsp3) is 0.185. The standard InChI is InChI=1S/C27H27ClN6O4S/c1-39(36,37)14-13-29-11-4-6-26(35)33-19-7-9-24-22(15-19)27(32-18-31-24)34-20-8-10-25(23(28)16-20)38-17-21-5-2-3-12-30-21/h2-10,12,15-16,18,29H,11,13-14,17H2,1H3,(H,33,35)(H,31,32,34)/b6-4+. The quantitative estimate of drug-likeness (QED) is 0.171. The maximum atomic E-state index is 12.3. The van der Waals surface area contributed by atoms with Crippen molar-refractivity contribution in [1.29, 1.82) is 0 Å². The molecule has 0 saturated heterocycles. The van der Waals surface area contributed by atoms with Crippen molar-refractivity contribution >= 4 is 55.4 Å². The van der Waals surface area contributed by atoms with E-state index in [2.05, 4.69) is 30.9 Å². The van der Waals surface area contributed by atoms with Gasteiger partial charge in [0.05, 0.1) is 22.0 Å². The van der Waals surface area contributed by atoms with Gasteiger partial charge in [-0.1, -0.05) is 23.7 Å². The Bertz CT molecular complexity index is 1580. The van der Waals surface area contributed by atoms with Crippen LogP contribution >= 0.6 is 11.6 Å². The van der Waals surface area contributed by atoms with Crippen LogP contribution in [0.4, 0.5) is 17.2 Å². The topological polar surface area (TPSA) is 135 Å². The zero-order valence-corrected chi connectivity index (χ0v) is 22.7. The predicted molar refractivity (Wildman–Crippen MR) is 153 cm³/mol. The highest BCUT2D eigenvalue weighted by molar-refractivity contribution is 7.90. The zero-order valence-electron chi connectivity index (χ0n) is 21.1. The highest BCUT2D eigenvalue weighted by Gasteiger charge is 2.09. The van der Waals surface area contributed by atoms with Crippen molar-refractivity contribution in [1.82, 2.24) is 20.3 Å². The summed E-state index contributed by atoms with van der Waals surface area (Å²) in [4.78, 5) is 25.2. The predicted octanol–water partition coefficient (Wildman–Crippen LogP) is 4.13. The summed E-state index contributed by atoms with van der Waals surface area (Å²) in [5, 5.41) is 10.1. The molecule has 39 heavy (non-hydrogen) atoms. The molecule has 4 aromatic rings. The molecule has 12 heteroatoms. The van der Waals surface area contributed by atoms with Crippen LogP contribution < -0.4 is 20.7 Å². The molecule has 2 heterocycles. The molecule has 0 spiro atoms. The van der Waals surface area contributed by atoms with Crippen molar-refractivity contribution in [2.75, 3.05) is 35.7 Å². The lowest BCUT2D eigenvalue weighted by Crippen LogP contribution is -2.22. The van der Waals surface area contributed by atoms with Gasteiger partial charge in [0.1, 0.15) is 34.3 Å². The molecular formula is C27H27ClN6O4S. The van der Waals surface area contributed by atoms with Gasteiger partial charge < -0.3 is 20.7 Å². The van der Waals surface area contributed by atoms with E-state index < -0.39 is 9.84 Å². The number of pyridine rings is 1. The van der Waals surface area contributed by atoms with E-state index >= 15 is 0 Å². The van der Waals surface area contributed by atoms with E-state index in [1.165, 1.54) is 18.7 Å². The smallest absolute Gasteiger partial charge is 0.248 e. The minimum Gasteiger partial charge on any atom is -0.486 e. The molecule has 3 N–H and O–H groups in total. The number of nitrogens with zero attached hydrogens (tertiary/aromatic N) is 3. The Kier molecular flexibility index (Phi) is 9.42. The Hall–Kier alpha value is -4.06. The van der Waals surface area contributed by atoms with E-state index in [0.29, 0.717) is 58.6 Å². The van der Waals surface area contributed by atoms with Gasteiger partial charge in [0.15, 0.2) is 0 Å². The third kappa shape index (κ3) is 8.74. The van der Waals surface area contributed by atoms with Crippen LogP contribution in [0.15, 0.2) is 79.3 Å². The van der Waals surface area contributed by atoms with Crippen molar-refractivity contribution in [2.24, 2.45) is 0 Å². The van der Waals surface area contributed by atoms with Crippen LogP contribution in [0.3, 0.4) is 0 Å². The fourth-order valence-corrected chi connectivity index (χ4v) is 4.24. The van der Waals surface area contributed by atoms with E-state index in [9.17, 15) is 13.2 Å². The molecule has 10 nitrogen and oxygen atoms in total. The molecule has 0 radical (unpaired) electrons. The van der Waals surface area contributed by atoms with Crippen molar-refractivity contribution < 1.29 is 17.9 Å². The number of benzene rings is 2. The fourth-order valence-electron chi connectivity index (χ4n) is 3.49. The summed E-state index contributed by atoms with van der Waals surface area (Å²) in [5.41, 5.74) is 2.75. The normalized spacial score (nSPS) is 11.5. The summed E-state index contributed by atoms with van der Waals surface area (Å²) in [7, 11) is -3.02.